The number of aliphatic hydroxyl groups excluding tert-OH is 1. The average molecular weight is 498 g/mol. The summed E-state index contributed by atoms with van der Waals surface area (Å²) in [6, 6.07) is 16.0. The molecule has 2 aromatic heterocycles. The number of fused-ring (bicyclic) bond motifs is 2. The van der Waals surface area contributed by atoms with Crippen LogP contribution in [0.15, 0.2) is 59.3 Å². The molecule has 2 aliphatic rings. The van der Waals surface area contributed by atoms with Gasteiger partial charge in [0.25, 0.3) is 0 Å². The molecule has 2 fully saturated rings. The van der Waals surface area contributed by atoms with Gasteiger partial charge in [-0.2, -0.15) is 0 Å². The standard InChI is InChI=1S/C27H31NO4S2/c1-28(17-19-6-2-5-18(15-19)11-12-29)22-16-20-9-10-21(22)25(20)32-26(30)27(31,23-7-3-13-33-23)24-8-4-14-34-24/h2-8,13-15,20-22,25,29,31H,9-12,16-17H2,1H3/t20-,21+,22+,25-/m1/s1. The van der Waals surface area contributed by atoms with Crippen LogP contribution in [-0.4, -0.2) is 46.9 Å². The molecular formula is C27H31NO4S2. The summed E-state index contributed by atoms with van der Waals surface area (Å²) in [6.45, 7) is 0.976. The van der Waals surface area contributed by atoms with Gasteiger partial charge in [0.1, 0.15) is 6.10 Å². The largest absolute Gasteiger partial charge is 0.459 e. The van der Waals surface area contributed by atoms with Crippen LogP contribution in [0, 0.1) is 11.8 Å². The van der Waals surface area contributed by atoms with E-state index in [1.807, 2.05) is 22.9 Å². The minimum absolute atomic E-state index is 0.155. The van der Waals surface area contributed by atoms with E-state index in [0.717, 1.165) is 31.4 Å². The van der Waals surface area contributed by atoms with E-state index in [9.17, 15) is 15.0 Å². The highest BCUT2D eigenvalue weighted by Crippen LogP contribution is 2.49. The van der Waals surface area contributed by atoms with Crippen LogP contribution >= 0.6 is 22.7 Å². The van der Waals surface area contributed by atoms with Crippen molar-refractivity contribution in [2.45, 2.75) is 50.0 Å². The van der Waals surface area contributed by atoms with Crippen molar-refractivity contribution in [1.29, 1.82) is 0 Å². The van der Waals surface area contributed by atoms with E-state index in [1.165, 1.54) is 28.2 Å². The second-order valence-electron chi connectivity index (χ2n) is 9.55. The Kier molecular flexibility index (Phi) is 6.91. The lowest BCUT2D eigenvalue weighted by molar-refractivity contribution is -0.170. The monoisotopic (exact) mass is 497 g/mol. The predicted molar refractivity (Wildman–Crippen MR) is 135 cm³/mol. The van der Waals surface area contributed by atoms with Crippen molar-refractivity contribution < 1.29 is 19.7 Å². The van der Waals surface area contributed by atoms with Crippen LogP contribution in [0.5, 0.6) is 0 Å². The minimum Gasteiger partial charge on any atom is -0.459 e. The van der Waals surface area contributed by atoms with Gasteiger partial charge in [-0.15, -0.1) is 22.7 Å². The van der Waals surface area contributed by atoms with Crippen LogP contribution in [0.3, 0.4) is 0 Å². The molecule has 1 aromatic carbocycles. The molecule has 4 atom stereocenters. The van der Waals surface area contributed by atoms with Gasteiger partial charge in [-0.25, -0.2) is 4.79 Å². The van der Waals surface area contributed by atoms with Gasteiger partial charge in [-0.1, -0.05) is 36.4 Å². The molecule has 0 unspecified atom stereocenters. The first-order valence-corrected chi connectivity index (χ1v) is 13.7. The molecule has 2 heterocycles. The third kappa shape index (κ3) is 4.36. The molecule has 2 aliphatic carbocycles. The number of nitrogens with zero attached hydrogens (tertiary/aromatic N) is 1. The fourth-order valence-corrected chi connectivity index (χ4v) is 7.56. The molecular weight excluding hydrogens is 466 g/mol. The first-order chi connectivity index (χ1) is 16.5. The zero-order valence-corrected chi connectivity index (χ0v) is 20.9. The van der Waals surface area contributed by atoms with E-state index in [-0.39, 0.29) is 18.6 Å². The smallest absolute Gasteiger partial charge is 0.349 e. The van der Waals surface area contributed by atoms with E-state index < -0.39 is 11.6 Å². The van der Waals surface area contributed by atoms with Crippen molar-refractivity contribution in [3.05, 3.63) is 80.2 Å². The van der Waals surface area contributed by atoms with Gasteiger partial charge in [0.15, 0.2) is 0 Å². The van der Waals surface area contributed by atoms with E-state index >= 15 is 0 Å². The fraction of sp³-hybridized carbons (Fsp3) is 0.444. The van der Waals surface area contributed by atoms with E-state index in [2.05, 4.69) is 36.2 Å². The van der Waals surface area contributed by atoms with E-state index in [4.69, 9.17) is 4.74 Å². The van der Waals surface area contributed by atoms with Gasteiger partial charge in [0.2, 0.25) is 5.60 Å². The second-order valence-corrected chi connectivity index (χ2v) is 11.4. The molecule has 0 amide bonds. The Morgan fingerprint density at radius 1 is 1.09 bits per heavy atom. The normalized spacial score (nSPS) is 24.1. The maximum atomic E-state index is 13.5. The highest BCUT2D eigenvalue weighted by atomic mass is 32.1. The van der Waals surface area contributed by atoms with Gasteiger partial charge < -0.3 is 14.9 Å². The number of carbonyl (C=O) groups is 1. The fourth-order valence-electron chi connectivity index (χ4n) is 5.84. The van der Waals surface area contributed by atoms with E-state index in [1.54, 1.807) is 12.1 Å². The molecule has 7 heteroatoms. The summed E-state index contributed by atoms with van der Waals surface area (Å²) in [7, 11) is 2.15. The van der Waals surface area contributed by atoms with Gasteiger partial charge >= 0.3 is 5.97 Å². The molecule has 34 heavy (non-hydrogen) atoms. The third-order valence-electron chi connectivity index (χ3n) is 7.48. The molecule has 0 spiro atoms. The Bertz CT molecular complexity index is 1060. The summed E-state index contributed by atoms with van der Waals surface area (Å²) in [6.07, 6.45) is 3.62. The summed E-state index contributed by atoms with van der Waals surface area (Å²) >= 11 is 2.75. The van der Waals surface area contributed by atoms with Crippen LogP contribution in [0.25, 0.3) is 0 Å². The average Bonchev–Trinajstić information content (AvgIpc) is 3.65. The van der Waals surface area contributed by atoms with Gasteiger partial charge in [-0.3, -0.25) is 4.90 Å². The Morgan fingerprint density at radius 2 is 1.79 bits per heavy atom. The maximum Gasteiger partial charge on any atom is 0.349 e. The molecule has 3 aromatic rings. The lowest BCUT2D eigenvalue weighted by Gasteiger charge is -2.32. The second kappa shape index (κ2) is 9.91. The Morgan fingerprint density at radius 3 is 2.44 bits per heavy atom. The van der Waals surface area contributed by atoms with Gasteiger partial charge in [0.05, 0.1) is 9.75 Å². The molecule has 0 saturated heterocycles. The molecule has 5 nitrogen and oxygen atoms in total. The Hall–Kier alpha value is -2.03. The summed E-state index contributed by atoms with van der Waals surface area (Å²) in [5, 5.41) is 24.6. The minimum atomic E-state index is -1.75. The molecule has 2 bridgehead atoms. The predicted octanol–water partition coefficient (Wildman–Crippen LogP) is 4.42. The highest BCUT2D eigenvalue weighted by Gasteiger charge is 2.54. The zero-order chi connectivity index (χ0) is 23.7. The first kappa shape index (κ1) is 23.7. The number of hydrogen-bond donors (Lipinski definition) is 2. The number of rotatable bonds is 9. The summed E-state index contributed by atoms with van der Waals surface area (Å²) in [4.78, 5) is 17.1. The van der Waals surface area contributed by atoms with E-state index in [0.29, 0.717) is 28.1 Å². The van der Waals surface area contributed by atoms with Crippen molar-refractivity contribution >= 4 is 28.6 Å². The van der Waals surface area contributed by atoms with Crippen molar-refractivity contribution in [2.24, 2.45) is 11.8 Å². The van der Waals surface area contributed by atoms with Crippen LogP contribution in [0.2, 0.25) is 0 Å². The summed E-state index contributed by atoms with van der Waals surface area (Å²) in [5.74, 6) is 0.0489. The summed E-state index contributed by atoms with van der Waals surface area (Å²) < 4.78 is 6.16. The number of ether oxygens (including phenoxy) is 1. The molecule has 0 aliphatic heterocycles. The van der Waals surface area contributed by atoms with Crippen LogP contribution in [0.4, 0.5) is 0 Å². The first-order valence-electron chi connectivity index (χ1n) is 11.9. The van der Waals surface area contributed by atoms with Crippen molar-refractivity contribution in [3.8, 4) is 0 Å². The maximum absolute atomic E-state index is 13.5. The number of hydrogen-bond acceptors (Lipinski definition) is 7. The van der Waals surface area contributed by atoms with Crippen LogP contribution < -0.4 is 0 Å². The number of aliphatic hydroxyl groups is 2. The SMILES string of the molecule is CN(Cc1cccc(CCO)c1)[C@H]1C[C@H]2CC[C@@H]1[C@@H]2OC(=O)C(O)(c1cccs1)c1cccs1. The number of esters is 1. The Labute approximate surface area is 208 Å². The molecule has 5 rings (SSSR count). The number of thiophene rings is 2. The molecule has 2 saturated carbocycles. The lowest BCUT2D eigenvalue weighted by Crippen LogP contribution is -2.41. The van der Waals surface area contributed by atoms with Crippen LogP contribution in [0.1, 0.15) is 40.1 Å². The topological polar surface area (TPSA) is 70.0 Å². The number of benzene rings is 1. The molecule has 0 radical (unpaired) electrons. The third-order valence-corrected chi connectivity index (χ3v) is 9.44. The van der Waals surface area contributed by atoms with Crippen LogP contribution in [-0.2, 0) is 28.1 Å². The Balaban J connectivity index is 1.30. The quantitative estimate of drug-likeness (QED) is 0.428. The van der Waals surface area contributed by atoms with Gasteiger partial charge in [0, 0.05) is 25.1 Å². The van der Waals surface area contributed by atoms with Crippen molar-refractivity contribution in [2.75, 3.05) is 13.7 Å². The van der Waals surface area contributed by atoms with Crippen molar-refractivity contribution in [3.63, 3.8) is 0 Å². The van der Waals surface area contributed by atoms with Crippen molar-refractivity contribution in [1.82, 2.24) is 4.90 Å². The molecule has 2 N–H and O–H groups in total. The number of carbonyl (C=O) groups excluding carboxylic acids is 1. The molecule has 180 valence electrons. The lowest BCUT2D eigenvalue weighted by atomic mass is 9.94. The van der Waals surface area contributed by atoms with Gasteiger partial charge in [-0.05, 0) is 72.7 Å². The zero-order valence-electron chi connectivity index (χ0n) is 19.3. The summed E-state index contributed by atoms with van der Waals surface area (Å²) in [5.41, 5.74) is 0.628. The highest BCUT2D eigenvalue weighted by molar-refractivity contribution is 7.12.